The lowest BCUT2D eigenvalue weighted by molar-refractivity contribution is 0.450. The molecule has 0 aliphatic carbocycles. The second kappa shape index (κ2) is 5.98. The van der Waals surface area contributed by atoms with Gasteiger partial charge in [0, 0.05) is 30.0 Å². The molecule has 3 nitrogen and oxygen atoms in total. The highest BCUT2D eigenvalue weighted by atomic mass is 35.5. The summed E-state index contributed by atoms with van der Waals surface area (Å²) in [5.74, 6) is -0.306. The van der Waals surface area contributed by atoms with Gasteiger partial charge in [-0.25, -0.2) is 4.39 Å². The second-order valence-electron chi connectivity index (χ2n) is 4.29. The van der Waals surface area contributed by atoms with Crippen LogP contribution in [-0.2, 0) is 13.1 Å². The molecule has 0 radical (unpaired) electrons. The van der Waals surface area contributed by atoms with Crippen molar-refractivity contribution >= 4 is 11.6 Å². The Hall–Kier alpha value is -1.39. The summed E-state index contributed by atoms with van der Waals surface area (Å²) in [6.07, 6.45) is 3.66. The fraction of sp³-hybridized carbons (Fsp3) is 0.308. The van der Waals surface area contributed by atoms with Crippen molar-refractivity contribution in [2.75, 3.05) is 0 Å². The maximum atomic E-state index is 13.1. The van der Waals surface area contributed by atoms with E-state index in [4.69, 9.17) is 11.6 Å². The second-order valence-corrected chi connectivity index (χ2v) is 4.72. The lowest BCUT2D eigenvalue weighted by Crippen LogP contribution is -2.30. The normalized spacial score (nSPS) is 12.6. The zero-order valence-electron chi connectivity index (χ0n) is 10.1. The third kappa shape index (κ3) is 3.82. The van der Waals surface area contributed by atoms with Crippen LogP contribution in [0.3, 0.4) is 0 Å². The van der Waals surface area contributed by atoms with Gasteiger partial charge in [-0.1, -0.05) is 11.6 Å². The van der Waals surface area contributed by atoms with Crippen molar-refractivity contribution in [2.24, 2.45) is 0 Å². The maximum Gasteiger partial charge on any atom is 0.125 e. The van der Waals surface area contributed by atoms with Crippen LogP contribution in [0.1, 0.15) is 12.5 Å². The van der Waals surface area contributed by atoms with Crippen molar-refractivity contribution in [3.8, 4) is 0 Å². The minimum Gasteiger partial charge on any atom is -0.308 e. The van der Waals surface area contributed by atoms with E-state index < -0.39 is 0 Å². The topological polar surface area (TPSA) is 29.9 Å². The molecule has 0 aliphatic heterocycles. The Morgan fingerprint density at radius 3 is 2.94 bits per heavy atom. The van der Waals surface area contributed by atoms with E-state index in [0.29, 0.717) is 11.6 Å². The molecule has 1 N–H and O–H groups in total. The van der Waals surface area contributed by atoms with Gasteiger partial charge in [0.15, 0.2) is 0 Å². The fourth-order valence-electron chi connectivity index (χ4n) is 1.76. The summed E-state index contributed by atoms with van der Waals surface area (Å²) < 4.78 is 15.0. The van der Waals surface area contributed by atoms with Crippen molar-refractivity contribution in [3.05, 3.63) is 53.1 Å². The lowest BCUT2D eigenvalue weighted by atomic mass is 10.2. The van der Waals surface area contributed by atoms with Crippen LogP contribution in [-0.4, -0.2) is 15.8 Å². The third-order valence-electron chi connectivity index (χ3n) is 2.60. The van der Waals surface area contributed by atoms with E-state index in [9.17, 15) is 4.39 Å². The summed E-state index contributed by atoms with van der Waals surface area (Å²) >= 11 is 5.80. The minimum absolute atomic E-state index is 0.243. The van der Waals surface area contributed by atoms with E-state index in [1.165, 1.54) is 12.1 Å². The Kier molecular flexibility index (Phi) is 4.33. The van der Waals surface area contributed by atoms with E-state index in [1.54, 1.807) is 12.3 Å². The molecule has 96 valence electrons. The molecule has 1 atom stereocenters. The van der Waals surface area contributed by atoms with Crippen molar-refractivity contribution in [1.82, 2.24) is 15.1 Å². The Morgan fingerprint density at radius 2 is 2.28 bits per heavy atom. The summed E-state index contributed by atoms with van der Waals surface area (Å²) in [7, 11) is 0. The smallest absolute Gasteiger partial charge is 0.125 e. The highest BCUT2D eigenvalue weighted by molar-refractivity contribution is 6.30. The zero-order valence-corrected chi connectivity index (χ0v) is 10.9. The number of benzene rings is 1. The van der Waals surface area contributed by atoms with Gasteiger partial charge in [0.25, 0.3) is 0 Å². The molecule has 1 heterocycles. The van der Waals surface area contributed by atoms with Crippen LogP contribution in [0.15, 0.2) is 36.7 Å². The maximum absolute atomic E-state index is 13.1. The predicted octanol–water partition coefficient (Wildman–Crippen LogP) is 2.85. The van der Waals surface area contributed by atoms with Crippen LogP contribution in [0, 0.1) is 5.82 Å². The molecule has 2 aromatic rings. The summed E-state index contributed by atoms with van der Waals surface area (Å²) in [6.45, 7) is 3.42. The van der Waals surface area contributed by atoms with Gasteiger partial charge < -0.3 is 5.32 Å². The number of rotatable bonds is 5. The Morgan fingerprint density at radius 1 is 1.44 bits per heavy atom. The van der Waals surface area contributed by atoms with Gasteiger partial charge in [-0.15, -0.1) is 0 Å². The number of hydrogen-bond acceptors (Lipinski definition) is 2. The van der Waals surface area contributed by atoms with Crippen LogP contribution >= 0.6 is 11.6 Å². The van der Waals surface area contributed by atoms with Crippen molar-refractivity contribution in [1.29, 1.82) is 0 Å². The third-order valence-corrected chi connectivity index (χ3v) is 2.82. The first-order valence-electron chi connectivity index (χ1n) is 5.79. The molecule has 0 amide bonds. The standard InChI is InChI=1S/C13H15ClFN3/c1-10(9-18-4-2-3-17-18)16-8-11-5-12(14)7-13(15)6-11/h2-7,10,16H,8-9H2,1H3. The highest BCUT2D eigenvalue weighted by Gasteiger charge is 2.04. The van der Waals surface area contributed by atoms with Crippen molar-refractivity contribution in [2.45, 2.75) is 26.1 Å². The highest BCUT2D eigenvalue weighted by Crippen LogP contribution is 2.14. The minimum atomic E-state index is -0.306. The predicted molar refractivity (Wildman–Crippen MR) is 69.9 cm³/mol. The molecule has 0 saturated carbocycles. The molecule has 0 fully saturated rings. The van der Waals surface area contributed by atoms with Gasteiger partial charge >= 0.3 is 0 Å². The SMILES string of the molecule is CC(Cn1cccn1)NCc1cc(F)cc(Cl)c1. The summed E-state index contributed by atoms with van der Waals surface area (Å²) in [5.41, 5.74) is 0.840. The molecule has 1 unspecified atom stereocenters. The first kappa shape index (κ1) is 13.1. The van der Waals surface area contributed by atoms with Crippen LogP contribution in [0.2, 0.25) is 5.02 Å². The van der Waals surface area contributed by atoms with Crippen LogP contribution < -0.4 is 5.32 Å². The molecule has 0 aliphatic rings. The quantitative estimate of drug-likeness (QED) is 0.903. The number of aromatic nitrogens is 2. The van der Waals surface area contributed by atoms with Gasteiger partial charge in [0.05, 0.1) is 6.54 Å². The molecule has 1 aromatic carbocycles. The molecule has 0 bridgehead atoms. The summed E-state index contributed by atoms with van der Waals surface area (Å²) in [6, 6.07) is 6.68. The Balaban J connectivity index is 1.87. The zero-order chi connectivity index (χ0) is 13.0. The van der Waals surface area contributed by atoms with Gasteiger partial charge in [-0.05, 0) is 36.8 Å². The first-order valence-corrected chi connectivity index (χ1v) is 6.17. The number of nitrogens with one attached hydrogen (secondary N) is 1. The molecule has 5 heteroatoms. The average Bonchev–Trinajstić information content (AvgIpc) is 2.78. The fourth-order valence-corrected chi connectivity index (χ4v) is 2.00. The largest absolute Gasteiger partial charge is 0.308 e. The van der Waals surface area contributed by atoms with E-state index in [2.05, 4.69) is 17.3 Å². The van der Waals surface area contributed by atoms with Crippen LogP contribution in [0.4, 0.5) is 4.39 Å². The Bertz CT molecular complexity index is 479. The van der Waals surface area contributed by atoms with E-state index in [1.807, 2.05) is 16.9 Å². The summed E-state index contributed by atoms with van der Waals surface area (Å²) in [5, 5.41) is 7.86. The molecule has 0 saturated heterocycles. The number of halogens is 2. The van der Waals surface area contributed by atoms with Gasteiger partial charge in [-0.3, -0.25) is 4.68 Å². The number of hydrogen-bond donors (Lipinski definition) is 1. The number of nitrogens with zero attached hydrogens (tertiary/aromatic N) is 2. The molecule has 0 spiro atoms. The molecular weight excluding hydrogens is 253 g/mol. The Labute approximate surface area is 111 Å². The van der Waals surface area contributed by atoms with Gasteiger partial charge in [0.1, 0.15) is 5.82 Å². The van der Waals surface area contributed by atoms with E-state index >= 15 is 0 Å². The van der Waals surface area contributed by atoms with E-state index in [-0.39, 0.29) is 11.9 Å². The summed E-state index contributed by atoms with van der Waals surface area (Å²) in [4.78, 5) is 0. The van der Waals surface area contributed by atoms with Crippen LogP contribution in [0.5, 0.6) is 0 Å². The lowest BCUT2D eigenvalue weighted by Gasteiger charge is -2.14. The van der Waals surface area contributed by atoms with Gasteiger partial charge in [0.2, 0.25) is 0 Å². The van der Waals surface area contributed by atoms with Crippen LogP contribution in [0.25, 0.3) is 0 Å². The molecule has 2 rings (SSSR count). The van der Waals surface area contributed by atoms with Crippen molar-refractivity contribution < 1.29 is 4.39 Å². The molecule has 1 aromatic heterocycles. The molecular formula is C13H15ClFN3. The molecule has 18 heavy (non-hydrogen) atoms. The average molecular weight is 268 g/mol. The first-order chi connectivity index (χ1) is 8.63. The van der Waals surface area contributed by atoms with E-state index in [0.717, 1.165) is 12.1 Å². The van der Waals surface area contributed by atoms with Crippen molar-refractivity contribution in [3.63, 3.8) is 0 Å². The monoisotopic (exact) mass is 267 g/mol. The van der Waals surface area contributed by atoms with Gasteiger partial charge in [-0.2, -0.15) is 5.10 Å².